The Bertz CT molecular complexity index is 1370. The van der Waals surface area contributed by atoms with Crippen molar-refractivity contribution in [1.82, 2.24) is 14.9 Å². The van der Waals surface area contributed by atoms with Gasteiger partial charge in [0.05, 0.1) is 11.0 Å². The molecule has 1 N–H and O–H groups in total. The minimum Gasteiger partial charge on any atom is -0.348 e. The number of anilines is 3. The van der Waals surface area contributed by atoms with Gasteiger partial charge in [0.2, 0.25) is 11.6 Å². The Morgan fingerprint density at radius 1 is 0.868 bits per heavy atom. The second-order valence-electron chi connectivity index (χ2n) is 9.16. The fraction of sp³-hybridized carbons (Fsp3) is 0.207. The highest BCUT2D eigenvalue weighted by Crippen LogP contribution is 2.35. The number of hydrogen-bond acceptors (Lipinski definition) is 8. The van der Waals surface area contributed by atoms with E-state index in [1.807, 2.05) is 41.3 Å². The van der Waals surface area contributed by atoms with Gasteiger partial charge in [0.25, 0.3) is 0 Å². The van der Waals surface area contributed by atoms with Crippen molar-refractivity contribution in [2.24, 2.45) is 0 Å². The van der Waals surface area contributed by atoms with Crippen LogP contribution in [0.4, 0.5) is 23.0 Å². The maximum Gasteiger partial charge on any atom is 0.353 e. The van der Waals surface area contributed by atoms with Crippen molar-refractivity contribution in [3.63, 3.8) is 0 Å². The summed E-state index contributed by atoms with van der Waals surface area (Å²) in [5.74, 6) is 0.362. The number of nitrogens with one attached hydrogen (secondary N) is 1. The summed E-state index contributed by atoms with van der Waals surface area (Å²) in [6.07, 6.45) is 1.34. The Balaban J connectivity index is 1.37. The molecule has 1 aliphatic rings. The number of benzene rings is 3. The summed E-state index contributed by atoms with van der Waals surface area (Å²) in [5, 5.41) is 15.2. The Hall–Kier alpha value is -4.63. The zero-order valence-electron chi connectivity index (χ0n) is 21.0. The van der Waals surface area contributed by atoms with Gasteiger partial charge in [-0.3, -0.25) is 19.8 Å². The van der Waals surface area contributed by atoms with Gasteiger partial charge in [-0.05, 0) is 42.3 Å². The van der Waals surface area contributed by atoms with Crippen LogP contribution in [-0.4, -0.2) is 51.8 Å². The molecule has 0 unspecified atom stereocenters. The minimum atomic E-state index is -0.440. The summed E-state index contributed by atoms with van der Waals surface area (Å²) >= 11 is 0. The van der Waals surface area contributed by atoms with Crippen LogP contribution in [0.2, 0.25) is 0 Å². The van der Waals surface area contributed by atoms with Gasteiger partial charge in [-0.25, -0.2) is 9.97 Å². The van der Waals surface area contributed by atoms with Gasteiger partial charge in [0, 0.05) is 37.4 Å². The van der Waals surface area contributed by atoms with E-state index in [2.05, 4.69) is 44.5 Å². The summed E-state index contributed by atoms with van der Waals surface area (Å²) in [5.41, 5.74) is 3.42. The molecule has 0 aliphatic carbocycles. The molecule has 9 heteroatoms. The molecule has 0 atom stereocenters. The van der Waals surface area contributed by atoms with E-state index < -0.39 is 4.92 Å². The summed E-state index contributed by atoms with van der Waals surface area (Å²) in [4.78, 5) is 36.1. The molecule has 3 aromatic carbocycles. The SMILES string of the molecule is CC(=O)c1ccc(Nc2ncnc(N3CCN(C(c4ccccc4)c4ccccc4)CC3)c2[N+](=O)[O-])cc1. The van der Waals surface area contributed by atoms with Crippen LogP contribution in [0.5, 0.6) is 0 Å². The Kier molecular flexibility index (Phi) is 7.37. The molecule has 0 amide bonds. The first-order valence-electron chi connectivity index (χ1n) is 12.5. The molecule has 38 heavy (non-hydrogen) atoms. The summed E-state index contributed by atoms with van der Waals surface area (Å²) in [6, 6.07) is 27.6. The van der Waals surface area contributed by atoms with Crippen molar-refractivity contribution in [3.05, 3.63) is 118 Å². The number of nitro groups is 1. The first kappa shape index (κ1) is 25.0. The van der Waals surface area contributed by atoms with Crippen LogP contribution < -0.4 is 10.2 Å². The number of carbonyl (C=O) groups excluding carboxylic acids is 1. The average molecular weight is 509 g/mol. The molecule has 0 saturated carbocycles. The molecule has 0 spiro atoms. The maximum atomic E-state index is 12.2. The van der Waals surface area contributed by atoms with Gasteiger partial charge in [-0.2, -0.15) is 0 Å². The third kappa shape index (κ3) is 5.37. The average Bonchev–Trinajstić information content (AvgIpc) is 2.95. The van der Waals surface area contributed by atoms with E-state index in [9.17, 15) is 14.9 Å². The number of nitrogens with zero attached hydrogens (tertiary/aromatic N) is 5. The smallest absolute Gasteiger partial charge is 0.348 e. The molecule has 4 aromatic rings. The van der Waals surface area contributed by atoms with E-state index in [0.29, 0.717) is 43.2 Å². The van der Waals surface area contributed by atoms with E-state index in [4.69, 9.17) is 0 Å². The van der Waals surface area contributed by atoms with Gasteiger partial charge in [-0.15, -0.1) is 0 Å². The van der Waals surface area contributed by atoms with E-state index in [-0.39, 0.29) is 23.3 Å². The van der Waals surface area contributed by atoms with Gasteiger partial charge in [0.15, 0.2) is 5.78 Å². The normalized spacial score (nSPS) is 13.9. The predicted octanol–water partition coefficient (Wildman–Crippen LogP) is 5.24. The lowest BCUT2D eigenvalue weighted by atomic mass is 9.96. The van der Waals surface area contributed by atoms with Crippen molar-refractivity contribution >= 4 is 28.8 Å². The van der Waals surface area contributed by atoms with Crippen LogP contribution in [0, 0.1) is 10.1 Å². The maximum absolute atomic E-state index is 12.2. The Labute approximate surface area is 220 Å². The number of carbonyl (C=O) groups is 1. The molecule has 1 aliphatic heterocycles. The molecular formula is C29H28N6O3. The largest absolute Gasteiger partial charge is 0.353 e. The molecule has 0 radical (unpaired) electrons. The number of rotatable bonds is 8. The molecule has 1 saturated heterocycles. The number of piperazine rings is 1. The van der Waals surface area contributed by atoms with Gasteiger partial charge in [0.1, 0.15) is 6.33 Å². The van der Waals surface area contributed by atoms with Gasteiger partial charge in [-0.1, -0.05) is 60.7 Å². The zero-order chi connectivity index (χ0) is 26.5. The van der Waals surface area contributed by atoms with E-state index in [1.165, 1.54) is 24.4 Å². The van der Waals surface area contributed by atoms with Gasteiger partial charge >= 0.3 is 5.69 Å². The lowest BCUT2D eigenvalue weighted by Crippen LogP contribution is -2.48. The molecular weight excluding hydrogens is 480 g/mol. The third-order valence-corrected chi connectivity index (χ3v) is 6.75. The number of aromatic nitrogens is 2. The monoisotopic (exact) mass is 508 g/mol. The van der Waals surface area contributed by atoms with E-state index in [0.717, 1.165) is 0 Å². The highest BCUT2D eigenvalue weighted by atomic mass is 16.6. The second-order valence-corrected chi connectivity index (χ2v) is 9.16. The topological polar surface area (TPSA) is 104 Å². The highest BCUT2D eigenvalue weighted by molar-refractivity contribution is 5.94. The molecule has 5 rings (SSSR count). The van der Waals surface area contributed by atoms with Crippen molar-refractivity contribution in [2.45, 2.75) is 13.0 Å². The molecule has 0 bridgehead atoms. The highest BCUT2D eigenvalue weighted by Gasteiger charge is 2.32. The summed E-state index contributed by atoms with van der Waals surface area (Å²) < 4.78 is 0. The second kappa shape index (κ2) is 11.2. The first-order chi connectivity index (χ1) is 18.5. The minimum absolute atomic E-state index is 0.0484. The number of hydrogen-bond donors (Lipinski definition) is 1. The Morgan fingerprint density at radius 3 is 1.97 bits per heavy atom. The lowest BCUT2D eigenvalue weighted by molar-refractivity contribution is -0.383. The standard InChI is InChI=1S/C29H28N6O3/c1-21(36)22-12-14-25(15-13-22)32-28-27(35(37)38)29(31-20-30-28)34-18-16-33(17-19-34)26(23-8-4-2-5-9-23)24-10-6-3-7-11-24/h2-15,20,26H,16-19H2,1H3,(H,30,31,32). The Morgan fingerprint density at radius 2 is 1.45 bits per heavy atom. The molecule has 9 nitrogen and oxygen atoms in total. The van der Waals surface area contributed by atoms with Crippen LogP contribution in [0.25, 0.3) is 0 Å². The van der Waals surface area contributed by atoms with E-state index >= 15 is 0 Å². The molecule has 1 aromatic heterocycles. The molecule has 1 fully saturated rings. The first-order valence-corrected chi connectivity index (χ1v) is 12.5. The van der Waals surface area contributed by atoms with Crippen LogP contribution in [0.3, 0.4) is 0 Å². The van der Waals surface area contributed by atoms with Crippen molar-refractivity contribution in [1.29, 1.82) is 0 Å². The van der Waals surface area contributed by atoms with Crippen LogP contribution >= 0.6 is 0 Å². The number of Topliss-reactive ketones (excluding diaryl/α,β-unsaturated/α-hetero) is 1. The fourth-order valence-corrected chi connectivity index (χ4v) is 4.86. The van der Waals surface area contributed by atoms with Crippen LogP contribution in [-0.2, 0) is 0 Å². The van der Waals surface area contributed by atoms with Crippen molar-refractivity contribution in [2.75, 3.05) is 36.4 Å². The van der Waals surface area contributed by atoms with Crippen LogP contribution in [0.15, 0.2) is 91.3 Å². The van der Waals surface area contributed by atoms with Crippen LogP contribution in [0.1, 0.15) is 34.5 Å². The summed E-state index contributed by atoms with van der Waals surface area (Å²) in [7, 11) is 0. The van der Waals surface area contributed by atoms with E-state index in [1.54, 1.807) is 24.3 Å². The molecule has 2 heterocycles. The third-order valence-electron chi connectivity index (χ3n) is 6.75. The zero-order valence-corrected chi connectivity index (χ0v) is 21.0. The van der Waals surface area contributed by atoms with Crippen molar-refractivity contribution < 1.29 is 9.72 Å². The lowest BCUT2D eigenvalue weighted by Gasteiger charge is -2.40. The summed E-state index contributed by atoms with van der Waals surface area (Å²) in [6.45, 7) is 4.09. The molecule has 192 valence electrons. The predicted molar refractivity (Wildman–Crippen MR) is 147 cm³/mol. The fourth-order valence-electron chi connectivity index (χ4n) is 4.86. The number of ketones is 1. The van der Waals surface area contributed by atoms with Crippen molar-refractivity contribution in [3.8, 4) is 0 Å². The quantitative estimate of drug-likeness (QED) is 0.196. The van der Waals surface area contributed by atoms with Gasteiger partial charge < -0.3 is 10.2 Å².